The van der Waals surface area contributed by atoms with Gasteiger partial charge in [-0.3, -0.25) is 0 Å². The largest absolute Gasteiger partial charge is 0.309 e. The highest BCUT2D eigenvalue weighted by molar-refractivity contribution is 6.15. The lowest BCUT2D eigenvalue weighted by atomic mass is 9.55. The van der Waals surface area contributed by atoms with Crippen molar-refractivity contribution in [3.05, 3.63) is 172 Å². The molecule has 6 aromatic carbocycles. The summed E-state index contributed by atoms with van der Waals surface area (Å²) in [4.78, 5) is 0. The molecule has 0 amide bonds. The first-order chi connectivity index (χ1) is 29.7. The zero-order valence-corrected chi connectivity index (χ0v) is 39.7. The maximum Gasteiger partial charge on any atom is 0.0541 e. The Labute approximate surface area is 374 Å². The van der Waals surface area contributed by atoms with Crippen molar-refractivity contribution in [1.29, 1.82) is 0 Å². The summed E-state index contributed by atoms with van der Waals surface area (Å²) in [7, 11) is 0. The highest BCUT2D eigenvalue weighted by atomic mass is 15.0. The molecule has 63 heavy (non-hydrogen) atoms. The molecule has 8 aromatic rings. The van der Waals surface area contributed by atoms with E-state index in [1.165, 1.54) is 110 Å². The van der Waals surface area contributed by atoms with Crippen LogP contribution in [0.2, 0.25) is 0 Å². The van der Waals surface area contributed by atoms with Gasteiger partial charge >= 0.3 is 0 Å². The second kappa shape index (κ2) is 12.9. The SMILES string of the molecule is CC(C)(C)c1ccc2c(c1)c1cc(C(C)(C)C)ccc1n2C1=CC=C2c3cccc4c(-n5c6ccc(C(C)(C)C)cc6c6cc(C(C)(C)C)ccc65)ccc(c34)C3C=CC=C1C23C. The molecule has 2 nitrogen and oxygen atoms in total. The number of benzene rings is 6. The molecule has 3 aliphatic rings. The fraction of sp³-hybridized carbons (Fsp3) is 0.311. The lowest BCUT2D eigenvalue weighted by Crippen LogP contribution is -2.35. The minimum absolute atomic E-state index is 0.0485. The second-order valence-corrected chi connectivity index (χ2v) is 23.3. The van der Waals surface area contributed by atoms with Gasteiger partial charge in [0.15, 0.2) is 0 Å². The van der Waals surface area contributed by atoms with Crippen molar-refractivity contribution in [2.24, 2.45) is 5.41 Å². The summed E-state index contributed by atoms with van der Waals surface area (Å²) in [5.41, 5.74) is 18.5. The van der Waals surface area contributed by atoms with E-state index < -0.39 is 0 Å². The third-order valence-electron chi connectivity index (χ3n) is 15.1. The first-order valence-corrected chi connectivity index (χ1v) is 23.2. The fourth-order valence-electron chi connectivity index (χ4n) is 11.4. The van der Waals surface area contributed by atoms with Gasteiger partial charge in [0.25, 0.3) is 0 Å². The maximum absolute atomic E-state index is 2.57. The molecular weight excluding hydrogens is 761 g/mol. The van der Waals surface area contributed by atoms with E-state index in [0.29, 0.717) is 0 Å². The van der Waals surface area contributed by atoms with Crippen molar-refractivity contribution < 1.29 is 0 Å². The zero-order chi connectivity index (χ0) is 44.3. The van der Waals surface area contributed by atoms with E-state index >= 15 is 0 Å². The molecule has 3 aliphatic carbocycles. The van der Waals surface area contributed by atoms with Gasteiger partial charge in [0.05, 0.1) is 33.5 Å². The Morgan fingerprint density at radius 2 is 0.905 bits per heavy atom. The minimum atomic E-state index is -0.263. The second-order valence-electron chi connectivity index (χ2n) is 23.3. The van der Waals surface area contributed by atoms with E-state index in [1.54, 1.807) is 0 Å². The lowest BCUT2D eigenvalue weighted by molar-refractivity contribution is 0.476. The molecule has 0 bridgehead atoms. The van der Waals surface area contributed by atoms with Crippen LogP contribution in [0.3, 0.4) is 0 Å². The fourth-order valence-corrected chi connectivity index (χ4v) is 11.4. The van der Waals surface area contributed by atoms with Gasteiger partial charge in [-0.05, 0) is 132 Å². The van der Waals surface area contributed by atoms with E-state index in [4.69, 9.17) is 0 Å². The van der Waals surface area contributed by atoms with E-state index in [9.17, 15) is 0 Å². The molecule has 0 fully saturated rings. The van der Waals surface area contributed by atoms with Gasteiger partial charge in [0, 0.05) is 38.3 Å². The molecule has 0 saturated carbocycles. The topological polar surface area (TPSA) is 9.86 Å². The number of hydrogen-bond donors (Lipinski definition) is 0. The molecule has 2 heteroatoms. The van der Waals surface area contributed by atoms with Gasteiger partial charge < -0.3 is 9.13 Å². The van der Waals surface area contributed by atoms with Crippen LogP contribution in [0.5, 0.6) is 0 Å². The van der Waals surface area contributed by atoms with Gasteiger partial charge in [-0.2, -0.15) is 0 Å². The highest BCUT2D eigenvalue weighted by Gasteiger charge is 2.49. The van der Waals surface area contributed by atoms with E-state index in [-0.39, 0.29) is 33.0 Å². The number of rotatable bonds is 2. The zero-order valence-electron chi connectivity index (χ0n) is 39.7. The maximum atomic E-state index is 2.57. The number of aromatic nitrogens is 2. The first kappa shape index (κ1) is 40.0. The number of nitrogens with zero attached hydrogens (tertiary/aromatic N) is 2. The predicted molar refractivity (Wildman–Crippen MR) is 273 cm³/mol. The smallest absolute Gasteiger partial charge is 0.0541 e. The summed E-state index contributed by atoms with van der Waals surface area (Å²) < 4.78 is 5.12. The van der Waals surface area contributed by atoms with Crippen molar-refractivity contribution in [1.82, 2.24) is 9.13 Å². The third-order valence-corrected chi connectivity index (χ3v) is 15.1. The van der Waals surface area contributed by atoms with Crippen LogP contribution >= 0.6 is 0 Å². The van der Waals surface area contributed by atoms with Crippen LogP contribution in [0.15, 0.2) is 139 Å². The first-order valence-electron chi connectivity index (χ1n) is 23.2. The number of fused-ring (bicyclic) bond motifs is 8. The van der Waals surface area contributed by atoms with Gasteiger partial charge in [-0.1, -0.05) is 163 Å². The van der Waals surface area contributed by atoms with E-state index in [0.717, 1.165) is 0 Å². The van der Waals surface area contributed by atoms with Crippen LogP contribution in [-0.2, 0) is 21.7 Å². The summed E-state index contributed by atoms with van der Waals surface area (Å²) in [5.74, 6) is 0.175. The Balaban J connectivity index is 1.15. The molecule has 316 valence electrons. The molecule has 0 saturated heterocycles. The summed E-state index contributed by atoms with van der Waals surface area (Å²) >= 11 is 0. The summed E-state index contributed by atoms with van der Waals surface area (Å²) in [5, 5.41) is 7.98. The Morgan fingerprint density at radius 3 is 1.37 bits per heavy atom. The quantitative estimate of drug-likeness (QED) is 0.164. The van der Waals surface area contributed by atoms with Crippen molar-refractivity contribution in [3.8, 4) is 5.69 Å². The monoisotopic (exact) mass is 822 g/mol. The summed E-state index contributed by atoms with van der Waals surface area (Å²) in [6, 6.07) is 40.7. The van der Waals surface area contributed by atoms with Gasteiger partial charge in [0.1, 0.15) is 0 Å². The molecule has 0 N–H and O–H groups in total. The molecular formula is C61H62N2. The Bertz CT molecular complexity index is 3280. The van der Waals surface area contributed by atoms with Crippen LogP contribution in [-0.4, -0.2) is 9.13 Å². The summed E-state index contributed by atoms with van der Waals surface area (Å²) in [6.07, 6.45) is 12.1. The highest BCUT2D eigenvalue weighted by Crippen LogP contribution is 2.63. The van der Waals surface area contributed by atoms with Crippen molar-refractivity contribution in [3.63, 3.8) is 0 Å². The average molecular weight is 823 g/mol. The molecule has 2 heterocycles. The van der Waals surface area contributed by atoms with Gasteiger partial charge in [0.2, 0.25) is 0 Å². The molecule has 11 rings (SSSR count). The van der Waals surface area contributed by atoms with E-state index in [1.807, 2.05) is 0 Å². The molecule has 0 spiro atoms. The van der Waals surface area contributed by atoms with Crippen LogP contribution in [0, 0.1) is 5.41 Å². The molecule has 0 aliphatic heterocycles. The van der Waals surface area contributed by atoms with Crippen LogP contribution in [0.4, 0.5) is 0 Å². The average Bonchev–Trinajstić information content (AvgIpc) is 3.72. The van der Waals surface area contributed by atoms with Crippen molar-refractivity contribution in [2.45, 2.75) is 118 Å². The van der Waals surface area contributed by atoms with Crippen molar-refractivity contribution >= 4 is 65.7 Å². The van der Waals surface area contributed by atoms with Gasteiger partial charge in [-0.15, -0.1) is 0 Å². The Morgan fingerprint density at radius 1 is 0.444 bits per heavy atom. The summed E-state index contributed by atoms with van der Waals surface area (Å²) in [6.45, 7) is 30.4. The lowest BCUT2D eigenvalue weighted by Gasteiger charge is -2.49. The third kappa shape index (κ3) is 5.68. The Hall–Kier alpha value is -5.86. The number of hydrogen-bond acceptors (Lipinski definition) is 0. The predicted octanol–water partition coefficient (Wildman–Crippen LogP) is 16.8. The molecule has 0 radical (unpaired) electrons. The molecule has 2 atom stereocenters. The normalized spacial score (nSPS) is 19.0. The van der Waals surface area contributed by atoms with E-state index in [2.05, 4.69) is 233 Å². The van der Waals surface area contributed by atoms with Crippen molar-refractivity contribution in [2.75, 3.05) is 0 Å². The minimum Gasteiger partial charge on any atom is -0.309 e. The Kier molecular flexibility index (Phi) is 8.16. The van der Waals surface area contributed by atoms with Gasteiger partial charge in [-0.25, -0.2) is 0 Å². The standard InChI is InChI=1S/C61H62N2/c1-57(2,3)36-20-26-51-43(32-36)44-33-37(58(4,5)6)21-27-52(44)62(51)50-30-24-41-47-18-15-19-49-55(31-25-48(61(47,49)13)40-16-14-17-42(50)56(40)41)63-53-28-22-38(59(7,8)9)34-45(53)46-35-39(60(10,11)12)23-29-54(46)63/h14-35,47H,1-13H3. The molecule has 2 aromatic heterocycles. The van der Waals surface area contributed by atoms with Crippen LogP contribution in [0.25, 0.3) is 71.3 Å². The number of allylic oxidation sites excluding steroid dienone is 8. The van der Waals surface area contributed by atoms with Crippen LogP contribution < -0.4 is 0 Å². The molecule has 2 unspecified atom stereocenters. The van der Waals surface area contributed by atoms with Crippen LogP contribution in [0.1, 0.15) is 129 Å².